The largest absolute Gasteiger partial charge is 0.487 e. The molecule has 0 N–H and O–H groups in total. The lowest BCUT2D eigenvalue weighted by Crippen LogP contribution is -2.18. The van der Waals surface area contributed by atoms with Gasteiger partial charge in [-0.05, 0) is 24.8 Å². The van der Waals surface area contributed by atoms with Crippen LogP contribution >= 0.6 is 0 Å². The molecule has 2 unspecified atom stereocenters. The van der Waals surface area contributed by atoms with Gasteiger partial charge in [0.25, 0.3) is 0 Å². The summed E-state index contributed by atoms with van der Waals surface area (Å²) in [6.07, 6.45) is 15.8. The minimum absolute atomic E-state index is 0.121. The van der Waals surface area contributed by atoms with Crippen LogP contribution in [0.5, 0.6) is 5.75 Å². The molecule has 190 valence electrons. The van der Waals surface area contributed by atoms with Gasteiger partial charge in [-0.3, -0.25) is 0 Å². The highest BCUT2D eigenvalue weighted by atomic mass is 19.1. The topological polar surface area (TPSA) is 35.0 Å². The van der Waals surface area contributed by atoms with Crippen molar-refractivity contribution in [2.24, 2.45) is 0 Å². The Balaban J connectivity index is 1.66. The molecule has 2 atom stereocenters. The van der Waals surface area contributed by atoms with Gasteiger partial charge in [-0.15, -0.1) is 0 Å². The first-order valence-corrected chi connectivity index (χ1v) is 13.4. The molecule has 1 heterocycles. The van der Waals surface area contributed by atoms with Crippen LogP contribution in [0.4, 0.5) is 8.78 Å². The van der Waals surface area contributed by atoms with E-state index in [0.29, 0.717) is 18.0 Å². The molecule has 2 rings (SSSR count). The van der Waals surface area contributed by atoms with Gasteiger partial charge in [0.05, 0.1) is 12.4 Å². The molecule has 0 saturated heterocycles. The lowest BCUT2D eigenvalue weighted by Gasteiger charge is -2.13. The van der Waals surface area contributed by atoms with Gasteiger partial charge in [0.1, 0.15) is 19.0 Å². The normalized spacial score (nSPS) is 13.1. The zero-order valence-electron chi connectivity index (χ0n) is 21.3. The van der Waals surface area contributed by atoms with Crippen molar-refractivity contribution < 1.29 is 13.5 Å². The van der Waals surface area contributed by atoms with E-state index in [-0.39, 0.29) is 13.0 Å². The van der Waals surface area contributed by atoms with Gasteiger partial charge in [-0.2, -0.15) is 0 Å². The molecule has 3 nitrogen and oxygen atoms in total. The van der Waals surface area contributed by atoms with E-state index in [9.17, 15) is 8.78 Å². The fourth-order valence-corrected chi connectivity index (χ4v) is 4.08. The van der Waals surface area contributed by atoms with Crippen LogP contribution in [0.15, 0.2) is 36.7 Å². The molecule has 0 saturated carbocycles. The third-order valence-electron chi connectivity index (χ3n) is 6.22. The van der Waals surface area contributed by atoms with Gasteiger partial charge >= 0.3 is 0 Å². The predicted octanol–water partition coefficient (Wildman–Crippen LogP) is 8.85. The summed E-state index contributed by atoms with van der Waals surface area (Å²) in [6, 6.07) is 8.39. The minimum atomic E-state index is -1.33. The third kappa shape index (κ3) is 11.9. The van der Waals surface area contributed by atoms with Crippen molar-refractivity contribution in [1.29, 1.82) is 0 Å². The molecule has 5 heteroatoms. The molecule has 0 fully saturated rings. The Morgan fingerprint density at radius 3 is 1.94 bits per heavy atom. The van der Waals surface area contributed by atoms with E-state index in [2.05, 4.69) is 29.0 Å². The quantitative estimate of drug-likeness (QED) is 0.191. The smallest absolute Gasteiger partial charge is 0.159 e. The second kappa shape index (κ2) is 17.4. The Morgan fingerprint density at radius 2 is 1.32 bits per heavy atom. The number of ether oxygens (including phenoxy) is 1. The van der Waals surface area contributed by atoms with E-state index in [0.717, 1.165) is 24.8 Å². The van der Waals surface area contributed by atoms with E-state index >= 15 is 0 Å². The molecule has 0 aliphatic carbocycles. The Labute approximate surface area is 205 Å². The van der Waals surface area contributed by atoms with Crippen LogP contribution in [0.1, 0.15) is 103 Å². The number of rotatable bonds is 19. The predicted molar refractivity (Wildman–Crippen MR) is 138 cm³/mol. The monoisotopic (exact) mass is 474 g/mol. The molecule has 0 bridgehead atoms. The summed E-state index contributed by atoms with van der Waals surface area (Å²) in [4.78, 5) is 8.70. The average molecular weight is 475 g/mol. The molecular formula is C29H44F2N2O. The van der Waals surface area contributed by atoms with Crippen molar-refractivity contribution in [3.05, 3.63) is 42.2 Å². The molecular weight excluding hydrogens is 430 g/mol. The van der Waals surface area contributed by atoms with Crippen molar-refractivity contribution in [1.82, 2.24) is 9.97 Å². The molecule has 2 aromatic rings. The number of benzene rings is 1. The molecule has 0 radical (unpaired) electrons. The van der Waals surface area contributed by atoms with E-state index in [1.807, 2.05) is 19.1 Å². The Kier molecular flexibility index (Phi) is 14.4. The Hall–Kier alpha value is -2.04. The Bertz CT molecular complexity index is 752. The molecule has 34 heavy (non-hydrogen) atoms. The van der Waals surface area contributed by atoms with Gasteiger partial charge in [-0.25, -0.2) is 18.7 Å². The molecule has 0 amide bonds. The number of hydrogen-bond acceptors (Lipinski definition) is 3. The van der Waals surface area contributed by atoms with Crippen molar-refractivity contribution in [3.63, 3.8) is 0 Å². The number of halogens is 2. The highest BCUT2D eigenvalue weighted by molar-refractivity contribution is 5.55. The van der Waals surface area contributed by atoms with Gasteiger partial charge < -0.3 is 4.74 Å². The van der Waals surface area contributed by atoms with Crippen LogP contribution < -0.4 is 4.74 Å². The molecule has 0 aliphatic rings. The number of aryl methyl sites for hydroxylation is 1. The molecule has 1 aromatic heterocycles. The van der Waals surface area contributed by atoms with Gasteiger partial charge in [0.2, 0.25) is 0 Å². The Morgan fingerprint density at radius 1 is 0.735 bits per heavy atom. The van der Waals surface area contributed by atoms with Crippen molar-refractivity contribution in [3.8, 4) is 17.1 Å². The summed E-state index contributed by atoms with van der Waals surface area (Å²) in [5.74, 6) is 1.01. The maximum Gasteiger partial charge on any atom is 0.159 e. The highest BCUT2D eigenvalue weighted by Crippen LogP contribution is 2.20. The number of hydrogen-bond donors (Lipinski definition) is 0. The first kappa shape index (κ1) is 28.2. The fraction of sp³-hybridized carbons (Fsp3) is 0.655. The lowest BCUT2D eigenvalue weighted by molar-refractivity contribution is 0.146. The van der Waals surface area contributed by atoms with Crippen LogP contribution in [0, 0.1) is 0 Å². The summed E-state index contributed by atoms with van der Waals surface area (Å²) < 4.78 is 33.0. The summed E-state index contributed by atoms with van der Waals surface area (Å²) in [7, 11) is 0. The van der Waals surface area contributed by atoms with Crippen molar-refractivity contribution in [2.75, 3.05) is 6.61 Å². The molecule has 1 aromatic carbocycles. The van der Waals surface area contributed by atoms with E-state index < -0.39 is 12.3 Å². The van der Waals surface area contributed by atoms with E-state index in [1.54, 1.807) is 12.4 Å². The summed E-state index contributed by atoms with van der Waals surface area (Å²) in [5.41, 5.74) is 2.28. The lowest BCUT2D eigenvalue weighted by atomic mass is 10.0. The SMILES string of the molecule is CCCCCCCCCCCc1ccc(-c2ncc(OCC(F)CC(F)CCCC)cn2)cc1. The van der Waals surface area contributed by atoms with Crippen LogP contribution in [0.2, 0.25) is 0 Å². The molecule has 0 spiro atoms. The third-order valence-corrected chi connectivity index (χ3v) is 6.22. The first-order valence-electron chi connectivity index (χ1n) is 13.4. The summed E-state index contributed by atoms with van der Waals surface area (Å²) in [5, 5.41) is 0. The minimum Gasteiger partial charge on any atom is -0.487 e. The highest BCUT2D eigenvalue weighted by Gasteiger charge is 2.16. The maximum absolute atomic E-state index is 13.9. The number of unbranched alkanes of at least 4 members (excludes halogenated alkanes) is 9. The average Bonchev–Trinajstić information content (AvgIpc) is 2.86. The van der Waals surface area contributed by atoms with Crippen molar-refractivity contribution >= 4 is 0 Å². The van der Waals surface area contributed by atoms with Crippen LogP contribution in [-0.4, -0.2) is 28.9 Å². The molecule has 0 aliphatic heterocycles. The maximum atomic E-state index is 13.9. The second-order valence-corrected chi connectivity index (χ2v) is 9.40. The van der Waals surface area contributed by atoms with E-state index in [1.165, 1.54) is 63.4 Å². The first-order chi connectivity index (χ1) is 16.6. The van der Waals surface area contributed by atoms with Crippen molar-refractivity contribution in [2.45, 2.75) is 116 Å². The van der Waals surface area contributed by atoms with Crippen LogP contribution in [0.3, 0.4) is 0 Å². The van der Waals surface area contributed by atoms with Gasteiger partial charge in [-0.1, -0.05) is 102 Å². The van der Waals surface area contributed by atoms with Gasteiger partial charge in [0, 0.05) is 12.0 Å². The van der Waals surface area contributed by atoms with Crippen LogP contribution in [0.25, 0.3) is 11.4 Å². The number of nitrogens with zero attached hydrogens (tertiary/aromatic N) is 2. The fourth-order valence-electron chi connectivity index (χ4n) is 4.08. The number of alkyl halides is 2. The standard InChI is InChI=1S/C29H44F2N2O/c1-3-5-7-8-9-10-11-12-13-14-24-16-18-25(19-17-24)29-32-21-28(22-33-29)34-23-27(31)20-26(30)15-6-4-2/h16-19,21-22,26-27H,3-15,20,23H2,1-2H3. The summed E-state index contributed by atoms with van der Waals surface area (Å²) >= 11 is 0. The summed E-state index contributed by atoms with van der Waals surface area (Å²) in [6.45, 7) is 4.08. The van der Waals surface area contributed by atoms with E-state index in [4.69, 9.17) is 4.74 Å². The zero-order valence-corrected chi connectivity index (χ0v) is 21.3. The zero-order chi connectivity index (χ0) is 24.4. The second-order valence-electron chi connectivity index (χ2n) is 9.40. The van der Waals surface area contributed by atoms with Crippen LogP contribution in [-0.2, 0) is 6.42 Å². The van der Waals surface area contributed by atoms with Gasteiger partial charge in [0.15, 0.2) is 11.6 Å². The number of aromatic nitrogens is 2.